The summed E-state index contributed by atoms with van der Waals surface area (Å²) in [6.07, 6.45) is 0. The van der Waals surface area contributed by atoms with Crippen molar-refractivity contribution < 1.29 is 32.9 Å². The number of carbonyl (C=O) groups excluding carboxylic acids is 1. The molecule has 0 radical (unpaired) electrons. The van der Waals surface area contributed by atoms with Crippen LogP contribution >= 0.6 is 0 Å². The zero-order valence-electron chi connectivity index (χ0n) is 19.2. The number of carbonyl (C=O) groups is 1. The van der Waals surface area contributed by atoms with Crippen LogP contribution in [0.4, 0.5) is 0 Å². The summed E-state index contributed by atoms with van der Waals surface area (Å²) in [5, 5.41) is 0.219. The van der Waals surface area contributed by atoms with Gasteiger partial charge in [0.05, 0.1) is 52.9 Å². The molecule has 0 amide bonds. The molecule has 168 valence electrons. The molecule has 28 heavy (non-hydrogen) atoms. The van der Waals surface area contributed by atoms with E-state index in [2.05, 4.69) is 33.9 Å². The number of rotatable bonds is 15. The Balaban J connectivity index is 3.36. The number of esters is 1. The second-order valence-electron chi connectivity index (χ2n) is 9.08. The molecule has 0 N–H and O–H groups in total. The van der Waals surface area contributed by atoms with Crippen LogP contribution in [0.3, 0.4) is 0 Å². The van der Waals surface area contributed by atoms with Gasteiger partial charge in [-0.15, -0.1) is 0 Å². The van der Waals surface area contributed by atoms with Crippen LogP contribution in [-0.4, -0.2) is 79.3 Å². The van der Waals surface area contributed by atoms with Crippen LogP contribution in [-0.2, 0) is 32.9 Å². The predicted octanol–water partition coefficient (Wildman–Crippen LogP) is 3.42. The van der Waals surface area contributed by atoms with Gasteiger partial charge in [-0.3, -0.25) is 0 Å². The summed E-state index contributed by atoms with van der Waals surface area (Å²) in [6, 6.07) is 0. The van der Waals surface area contributed by atoms with Crippen LogP contribution in [0, 0.1) is 0 Å². The molecule has 7 nitrogen and oxygen atoms in total. The molecule has 0 aliphatic heterocycles. The van der Waals surface area contributed by atoms with E-state index < -0.39 is 13.9 Å². The van der Waals surface area contributed by atoms with Crippen molar-refractivity contribution in [3.63, 3.8) is 0 Å². The Labute approximate surface area is 172 Å². The second kappa shape index (κ2) is 13.7. The first-order valence-electron chi connectivity index (χ1n) is 10.0. The molecule has 0 aliphatic carbocycles. The summed E-state index contributed by atoms with van der Waals surface area (Å²) < 4.78 is 32.7. The highest BCUT2D eigenvalue weighted by Crippen LogP contribution is 2.36. The Bertz CT molecular complexity index is 414. The van der Waals surface area contributed by atoms with Crippen molar-refractivity contribution in [1.82, 2.24) is 0 Å². The predicted molar refractivity (Wildman–Crippen MR) is 112 cm³/mol. The van der Waals surface area contributed by atoms with Crippen molar-refractivity contribution in [2.45, 2.75) is 65.3 Å². The Hall–Kier alpha value is -0.513. The average Bonchev–Trinajstić information content (AvgIpc) is 2.52. The van der Waals surface area contributed by atoms with Gasteiger partial charge in [0.1, 0.15) is 12.2 Å². The molecule has 0 spiro atoms. The summed E-state index contributed by atoms with van der Waals surface area (Å²) in [6.45, 7) is 20.6. The third-order valence-electron chi connectivity index (χ3n) is 4.25. The fraction of sp³-hybridized carbons (Fsp3) is 0.950. The average molecular weight is 423 g/mol. The highest BCUT2D eigenvalue weighted by molar-refractivity contribution is 6.74. The van der Waals surface area contributed by atoms with Crippen LogP contribution in [0.2, 0.25) is 18.1 Å². The van der Waals surface area contributed by atoms with Crippen molar-refractivity contribution in [3.8, 4) is 0 Å². The Morgan fingerprint density at radius 3 is 1.46 bits per heavy atom. The van der Waals surface area contributed by atoms with Gasteiger partial charge in [-0.05, 0) is 38.9 Å². The van der Waals surface area contributed by atoms with Crippen molar-refractivity contribution in [1.29, 1.82) is 0 Å². The first kappa shape index (κ1) is 27.5. The fourth-order valence-electron chi connectivity index (χ4n) is 1.76. The van der Waals surface area contributed by atoms with Crippen LogP contribution < -0.4 is 0 Å². The summed E-state index contributed by atoms with van der Waals surface area (Å²) in [4.78, 5) is 11.4. The van der Waals surface area contributed by atoms with Gasteiger partial charge in [0.25, 0.3) is 0 Å². The maximum absolute atomic E-state index is 11.4. The van der Waals surface area contributed by atoms with Gasteiger partial charge in [-0.1, -0.05) is 20.8 Å². The SMILES string of the molecule is CC(C)(C)OC(=O)COCCOCCOCCOCCO[Si](C)(C)C(C)(C)C. The Morgan fingerprint density at radius 1 is 0.679 bits per heavy atom. The van der Waals surface area contributed by atoms with E-state index >= 15 is 0 Å². The van der Waals surface area contributed by atoms with Crippen LogP contribution in [0.1, 0.15) is 41.5 Å². The van der Waals surface area contributed by atoms with Gasteiger partial charge >= 0.3 is 5.97 Å². The minimum Gasteiger partial charge on any atom is -0.458 e. The van der Waals surface area contributed by atoms with Gasteiger partial charge in [0, 0.05) is 0 Å². The summed E-state index contributed by atoms with van der Waals surface area (Å²) in [5.74, 6) is -0.370. The van der Waals surface area contributed by atoms with E-state index in [1.165, 1.54) is 0 Å². The molecule has 0 heterocycles. The molecule has 0 bridgehead atoms. The molecule has 0 fully saturated rings. The van der Waals surface area contributed by atoms with Crippen LogP contribution in [0.15, 0.2) is 0 Å². The minimum absolute atomic E-state index is 0.0619. The van der Waals surface area contributed by atoms with Gasteiger partial charge in [-0.25, -0.2) is 4.79 Å². The summed E-state index contributed by atoms with van der Waals surface area (Å²) in [5.41, 5.74) is -0.490. The molecule has 8 heteroatoms. The van der Waals surface area contributed by atoms with Crippen molar-refractivity contribution >= 4 is 14.3 Å². The number of hydrogen-bond donors (Lipinski definition) is 0. The molecule has 0 aliphatic rings. The topological polar surface area (TPSA) is 72.5 Å². The zero-order chi connectivity index (χ0) is 21.7. The fourth-order valence-corrected chi connectivity index (χ4v) is 2.79. The van der Waals surface area contributed by atoms with Crippen molar-refractivity contribution in [2.75, 3.05) is 59.5 Å². The quantitative estimate of drug-likeness (QED) is 0.227. The van der Waals surface area contributed by atoms with E-state index in [0.29, 0.717) is 52.9 Å². The molecule has 0 rings (SSSR count). The third-order valence-corrected chi connectivity index (χ3v) is 8.79. The molecular formula is C20H42O7Si. The number of ether oxygens (including phenoxy) is 5. The normalized spacial score (nSPS) is 13.0. The number of hydrogen-bond acceptors (Lipinski definition) is 7. The maximum Gasteiger partial charge on any atom is 0.332 e. The second-order valence-corrected chi connectivity index (χ2v) is 13.9. The molecule has 0 aromatic carbocycles. The van der Waals surface area contributed by atoms with E-state index in [9.17, 15) is 4.79 Å². The lowest BCUT2D eigenvalue weighted by Crippen LogP contribution is -2.41. The smallest absolute Gasteiger partial charge is 0.332 e. The molecule has 0 aromatic rings. The standard InChI is InChI=1S/C20H42O7Si/c1-19(2,3)27-18(21)17-25-14-13-23-10-9-22-11-12-24-15-16-26-28(7,8)20(4,5)6/h9-17H2,1-8H3. The lowest BCUT2D eigenvalue weighted by Gasteiger charge is -2.36. The van der Waals surface area contributed by atoms with E-state index in [0.717, 1.165) is 0 Å². The lowest BCUT2D eigenvalue weighted by atomic mass is 10.2. The van der Waals surface area contributed by atoms with Crippen molar-refractivity contribution in [2.24, 2.45) is 0 Å². The monoisotopic (exact) mass is 422 g/mol. The molecular weight excluding hydrogens is 380 g/mol. The largest absolute Gasteiger partial charge is 0.458 e. The molecule has 0 atom stereocenters. The third kappa shape index (κ3) is 15.4. The lowest BCUT2D eigenvalue weighted by molar-refractivity contribution is -0.160. The maximum atomic E-state index is 11.4. The van der Waals surface area contributed by atoms with E-state index in [1.807, 2.05) is 20.8 Å². The first-order valence-corrected chi connectivity index (χ1v) is 12.9. The van der Waals surface area contributed by atoms with E-state index in [1.54, 1.807) is 0 Å². The van der Waals surface area contributed by atoms with Gasteiger partial charge in [-0.2, -0.15) is 0 Å². The molecule has 0 saturated heterocycles. The molecule has 0 saturated carbocycles. The van der Waals surface area contributed by atoms with Crippen LogP contribution in [0.5, 0.6) is 0 Å². The minimum atomic E-state index is -1.69. The Morgan fingerprint density at radius 2 is 1.07 bits per heavy atom. The van der Waals surface area contributed by atoms with Gasteiger partial charge in [0.15, 0.2) is 8.32 Å². The van der Waals surface area contributed by atoms with Gasteiger partial charge in [0.2, 0.25) is 0 Å². The van der Waals surface area contributed by atoms with Gasteiger partial charge < -0.3 is 28.1 Å². The summed E-state index contributed by atoms with van der Waals surface area (Å²) >= 11 is 0. The summed E-state index contributed by atoms with van der Waals surface area (Å²) in [7, 11) is -1.69. The zero-order valence-corrected chi connectivity index (χ0v) is 20.2. The highest BCUT2D eigenvalue weighted by Gasteiger charge is 2.36. The molecule has 0 aromatic heterocycles. The first-order chi connectivity index (χ1) is 12.9. The molecule has 0 unspecified atom stereocenters. The van der Waals surface area contributed by atoms with Crippen LogP contribution in [0.25, 0.3) is 0 Å². The van der Waals surface area contributed by atoms with E-state index in [4.69, 9.17) is 28.1 Å². The Kier molecular flexibility index (Phi) is 13.4. The van der Waals surface area contributed by atoms with Crippen molar-refractivity contribution in [3.05, 3.63) is 0 Å². The van der Waals surface area contributed by atoms with E-state index in [-0.39, 0.29) is 17.6 Å². The highest BCUT2D eigenvalue weighted by atomic mass is 28.4.